The van der Waals surface area contributed by atoms with Gasteiger partial charge in [-0.15, -0.1) is 23.5 Å². The van der Waals surface area contributed by atoms with Crippen molar-refractivity contribution in [3.05, 3.63) is 0 Å². The van der Waals surface area contributed by atoms with E-state index in [1.807, 2.05) is 0 Å². The Kier molecular flexibility index (Phi) is 8.68. The third-order valence-corrected chi connectivity index (χ3v) is 6.14. The first-order valence-corrected chi connectivity index (χ1v) is 10.00. The lowest BCUT2D eigenvalue weighted by atomic mass is 10.0. The second kappa shape index (κ2) is 9.48. The molecule has 0 radical (unpaired) electrons. The number of rotatable bonds is 9. The summed E-state index contributed by atoms with van der Waals surface area (Å²) >= 11 is 3.46. The number of aliphatic hydroxyl groups is 2. The Morgan fingerprint density at radius 2 is 1.74 bits per heavy atom. The van der Waals surface area contributed by atoms with Crippen LogP contribution in [-0.2, 0) is 14.3 Å². The van der Waals surface area contributed by atoms with Gasteiger partial charge in [-0.1, -0.05) is 13.8 Å². The molecule has 0 aromatic rings. The number of hydrogen-bond acceptors (Lipinski definition) is 7. The minimum atomic E-state index is -1.06. The molecule has 3 N–H and O–H groups in total. The van der Waals surface area contributed by atoms with Crippen LogP contribution in [0.2, 0.25) is 0 Å². The van der Waals surface area contributed by atoms with Gasteiger partial charge >= 0.3 is 0 Å². The Morgan fingerprint density at radius 1 is 1.22 bits per heavy atom. The average Bonchev–Trinajstić information content (AvgIpc) is 2.79. The minimum absolute atomic E-state index is 0.0739. The topological polar surface area (TPSA) is 88.0 Å². The van der Waals surface area contributed by atoms with Gasteiger partial charge in [-0.05, 0) is 25.4 Å². The van der Waals surface area contributed by atoms with Crippen molar-refractivity contribution in [2.24, 2.45) is 0 Å². The van der Waals surface area contributed by atoms with Crippen LogP contribution < -0.4 is 5.32 Å². The highest BCUT2D eigenvalue weighted by Crippen LogP contribution is 2.37. The summed E-state index contributed by atoms with van der Waals surface area (Å²) in [5.41, 5.74) is 0. The standard InChI is InChI=1S/C15H29NO5S2/c1-6-22-14(23-7-2)11(16-9(3)18)13-12(10(19)8-17)20-15(4,5)21-13/h10-14,17,19H,6-8H2,1-5H3,(H,16,18)/t10-,11-,12+,13-/m1/s1. The zero-order valence-electron chi connectivity index (χ0n) is 14.4. The number of carbonyl (C=O) groups is 1. The van der Waals surface area contributed by atoms with Gasteiger partial charge in [0.1, 0.15) is 18.3 Å². The molecule has 4 atom stereocenters. The maximum atomic E-state index is 11.7. The van der Waals surface area contributed by atoms with Crippen LogP contribution in [0.25, 0.3) is 0 Å². The number of hydrogen-bond donors (Lipinski definition) is 3. The maximum absolute atomic E-state index is 11.7. The summed E-state index contributed by atoms with van der Waals surface area (Å²) < 4.78 is 11.8. The van der Waals surface area contributed by atoms with E-state index in [-0.39, 0.29) is 16.5 Å². The van der Waals surface area contributed by atoms with Gasteiger partial charge in [0.05, 0.1) is 17.2 Å². The molecule has 8 heteroatoms. The lowest BCUT2D eigenvalue weighted by Gasteiger charge is -2.33. The molecule has 0 spiro atoms. The van der Waals surface area contributed by atoms with Crippen molar-refractivity contribution in [1.29, 1.82) is 0 Å². The molecule has 1 fully saturated rings. The van der Waals surface area contributed by atoms with E-state index in [0.717, 1.165) is 11.5 Å². The normalized spacial score (nSPS) is 26.3. The van der Waals surface area contributed by atoms with Crippen LogP contribution in [0.15, 0.2) is 0 Å². The van der Waals surface area contributed by atoms with Gasteiger partial charge in [0, 0.05) is 6.92 Å². The molecule has 1 amide bonds. The summed E-state index contributed by atoms with van der Waals surface area (Å²) in [7, 11) is 0. The van der Waals surface area contributed by atoms with Gasteiger partial charge in [-0.25, -0.2) is 0 Å². The summed E-state index contributed by atoms with van der Waals surface area (Å²) in [6.07, 6.45) is -2.28. The smallest absolute Gasteiger partial charge is 0.217 e. The van der Waals surface area contributed by atoms with Crippen molar-refractivity contribution >= 4 is 29.4 Å². The Hall–Kier alpha value is 0.01000. The molecule has 0 saturated carbocycles. The van der Waals surface area contributed by atoms with E-state index in [0.29, 0.717) is 0 Å². The maximum Gasteiger partial charge on any atom is 0.217 e. The fourth-order valence-corrected chi connectivity index (χ4v) is 5.34. The van der Waals surface area contributed by atoms with Gasteiger partial charge in [0.25, 0.3) is 0 Å². The number of carbonyl (C=O) groups excluding carboxylic acids is 1. The molecule has 0 aliphatic carbocycles. The summed E-state index contributed by atoms with van der Waals surface area (Å²) in [6, 6.07) is -0.324. The fraction of sp³-hybridized carbons (Fsp3) is 0.933. The average molecular weight is 368 g/mol. The van der Waals surface area contributed by atoms with Crippen molar-refractivity contribution < 1.29 is 24.5 Å². The summed E-state index contributed by atoms with van der Waals surface area (Å²) in [5.74, 6) is 0.773. The zero-order valence-corrected chi connectivity index (χ0v) is 16.1. The van der Waals surface area contributed by atoms with E-state index >= 15 is 0 Å². The van der Waals surface area contributed by atoms with Crippen molar-refractivity contribution in [3.63, 3.8) is 0 Å². The fourth-order valence-electron chi connectivity index (χ4n) is 2.62. The van der Waals surface area contributed by atoms with E-state index in [1.165, 1.54) is 6.92 Å². The molecule has 136 valence electrons. The Balaban J connectivity index is 3.08. The Bertz CT molecular complexity index is 377. The summed E-state index contributed by atoms with van der Waals surface area (Å²) in [5, 5.41) is 22.4. The third-order valence-electron chi connectivity index (χ3n) is 3.41. The quantitative estimate of drug-likeness (QED) is 0.528. The molecule has 0 unspecified atom stereocenters. The first kappa shape index (κ1) is 21.1. The molecular weight excluding hydrogens is 338 g/mol. The summed E-state index contributed by atoms with van der Waals surface area (Å²) in [6.45, 7) is 8.72. The molecule has 0 bridgehead atoms. The second-order valence-corrected chi connectivity index (χ2v) is 8.96. The van der Waals surface area contributed by atoms with Crippen LogP contribution >= 0.6 is 23.5 Å². The van der Waals surface area contributed by atoms with E-state index in [4.69, 9.17) is 9.47 Å². The molecule has 1 rings (SSSR count). The van der Waals surface area contributed by atoms with Crippen molar-refractivity contribution in [1.82, 2.24) is 5.32 Å². The van der Waals surface area contributed by atoms with Gasteiger partial charge in [-0.2, -0.15) is 0 Å². The van der Waals surface area contributed by atoms with Gasteiger partial charge in [0.15, 0.2) is 5.79 Å². The summed E-state index contributed by atoms with van der Waals surface area (Å²) in [4.78, 5) is 11.7. The van der Waals surface area contributed by atoms with Crippen LogP contribution in [0.5, 0.6) is 0 Å². The lowest BCUT2D eigenvalue weighted by Crippen LogP contribution is -2.54. The molecule has 1 aliphatic heterocycles. The molecule has 1 heterocycles. The highest BCUT2D eigenvalue weighted by molar-refractivity contribution is 8.17. The van der Waals surface area contributed by atoms with E-state index in [2.05, 4.69) is 19.2 Å². The Labute approximate surface area is 147 Å². The van der Waals surface area contributed by atoms with Crippen LogP contribution in [-0.4, -0.2) is 69.0 Å². The lowest BCUT2D eigenvalue weighted by molar-refractivity contribution is -0.158. The molecule has 6 nitrogen and oxygen atoms in total. The molecular formula is C15H29NO5S2. The largest absolute Gasteiger partial charge is 0.394 e. The highest BCUT2D eigenvalue weighted by Gasteiger charge is 2.50. The Morgan fingerprint density at radius 3 is 2.17 bits per heavy atom. The number of ether oxygens (including phenoxy) is 2. The third kappa shape index (κ3) is 6.10. The van der Waals surface area contributed by atoms with Crippen LogP contribution in [0.1, 0.15) is 34.6 Å². The molecule has 1 aliphatic rings. The number of nitrogens with one attached hydrogen (secondary N) is 1. The van der Waals surface area contributed by atoms with Gasteiger partial charge in [-0.3, -0.25) is 4.79 Å². The predicted octanol–water partition coefficient (Wildman–Crippen LogP) is 1.20. The van der Waals surface area contributed by atoms with Gasteiger partial charge < -0.3 is 25.0 Å². The first-order valence-electron chi connectivity index (χ1n) is 7.90. The van der Waals surface area contributed by atoms with Crippen molar-refractivity contribution in [3.8, 4) is 0 Å². The van der Waals surface area contributed by atoms with Crippen LogP contribution in [0.3, 0.4) is 0 Å². The van der Waals surface area contributed by atoms with Crippen LogP contribution in [0, 0.1) is 0 Å². The van der Waals surface area contributed by atoms with Crippen molar-refractivity contribution in [2.45, 2.75) is 69.3 Å². The van der Waals surface area contributed by atoms with E-state index in [9.17, 15) is 15.0 Å². The van der Waals surface area contributed by atoms with E-state index < -0.39 is 30.7 Å². The highest BCUT2D eigenvalue weighted by atomic mass is 32.2. The molecule has 0 aromatic carbocycles. The minimum Gasteiger partial charge on any atom is -0.394 e. The monoisotopic (exact) mass is 367 g/mol. The molecule has 1 saturated heterocycles. The number of amides is 1. The SMILES string of the molecule is CCSC(SCC)[C@H](NC(C)=O)[C@H]1OC(C)(C)O[C@H]1[C@H](O)CO. The predicted molar refractivity (Wildman–Crippen MR) is 94.6 cm³/mol. The van der Waals surface area contributed by atoms with E-state index in [1.54, 1.807) is 37.4 Å². The zero-order chi connectivity index (χ0) is 17.6. The number of aliphatic hydroxyl groups excluding tert-OH is 2. The molecule has 0 aromatic heterocycles. The van der Waals surface area contributed by atoms with Gasteiger partial charge in [0.2, 0.25) is 5.91 Å². The first-order chi connectivity index (χ1) is 10.8. The molecule has 23 heavy (non-hydrogen) atoms. The number of thioether (sulfide) groups is 2. The second-order valence-electron chi connectivity index (χ2n) is 5.82. The van der Waals surface area contributed by atoms with Crippen molar-refractivity contribution in [2.75, 3.05) is 18.1 Å². The van der Waals surface area contributed by atoms with Crippen LogP contribution in [0.4, 0.5) is 0 Å².